The number of aryl methyl sites for hydroxylation is 1. The smallest absolute Gasteiger partial charge is 0.328 e. The molecule has 2 heterocycles. The third-order valence-electron chi connectivity index (χ3n) is 4.63. The molecule has 0 unspecified atom stereocenters. The van der Waals surface area contributed by atoms with Crippen molar-refractivity contribution in [3.8, 4) is 0 Å². The highest BCUT2D eigenvalue weighted by Gasteiger charge is 2.19. The molecule has 0 aliphatic heterocycles. The molecule has 0 bridgehead atoms. The minimum absolute atomic E-state index is 0.0551. The second kappa shape index (κ2) is 9.05. The summed E-state index contributed by atoms with van der Waals surface area (Å²) in [5, 5.41) is 11.1. The van der Waals surface area contributed by atoms with Crippen LogP contribution in [0.5, 0.6) is 0 Å². The number of aromatic amines is 1. The van der Waals surface area contributed by atoms with E-state index >= 15 is 0 Å². The standard InChI is InChI=1S/C18H23N5O4S/c1-3-8-23-16(25)13(11(2)19-17(23)26)9-15-21-22-18(27-15)28-10-14(24)20-12-6-4-5-7-12/h3,12H,1,4-10H2,2H3,(H,19,26)(H,20,24). The molecular formula is C18H23N5O4S. The molecule has 3 rings (SSSR count). The highest BCUT2D eigenvalue weighted by molar-refractivity contribution is 7.99. The molecule has 0 atom stereocenters. The molecule has 2 aromatic heterocycles. The number of H-pyrrole nitrogens is 1. The predicted octanol–water partition coefficient (Wildman–Crippen LogP) is 1.16. The lowest BCUT2D eigenvalue weighted by Gasteiger charge is -2.10. The third kappa shape index (κ3) is 4.80. The van der Waals surface area contributed by atoms with Gasteiger partial charge in [-0.1, -0.05) is 30.7 Å². The maximum absolute atomic E-state index is 12.5. The number of allylic oxidation sites excluding steroid dienone is 1. The molecule has 1 aliphatic rings. The summed E-state index contributed by atoms with van der Waals surface area (Å²) in [5.41, 5.74) is -0.0648. The van der Waals surface area contributed by atoms with Crippen LogP contribution < -0.4 is 16.6 Å². The number of nitrogens with zero attached hydrogens (tertiary/aromatic N) is 3. The minimum Gasteiger partial charge on any atom is -0.416 e. The number of thioether (sulfide) groups is 1. The van der Waals surface area contributed by atoms with Gasteiger partial charge in [-0.3, -0.25) is 14.2 Å². The zero-order valence-corrected chi connectivity index (χ0v) is 16.5. The van der Waals surface area contributed by atoms with E-state index in [2.05, 4.69) is 27.1 Å². The lowest BCUT2D eigenvalue weighted by atomic mass is 10.1. The molecule has 1 fully saturated rings. The second-order valence-corrected chi connectivity index (χ2v) is 7.64. The van der Waals surface area contributed by atoms with E-state index in [9.17, 15) is 14.4 Å². The van der Waals surface area contributed by atoms with Crippen molar-refractivity contribution in [2.75, 3.05) is 5.75 Å². The average molecular weight is 405 g/mol. The first kappa shape index (κ1) is 20.1. The maximum atomic E-state index is 12.5. The van der Waals surface area contributed by atoms with Crippen LogP contribution in [0.4, 0.5) is 0 Å². The van der Waals surface area contributed by atoms with Gasteiger partial charge < -0.3 is 14.7 Å². The number of amides is 1. The Morgan fingerprint density at radius 3 is 2.86 bits per heavy atom. The van der Waals surface area contributed by atoms with Gasteiger partial charge in [0.25, 0.3) is 10.8 Å². The number of carbonyl (C=O) groups is 1. The van der Waals surface area contributed by atoms with Crippen molar-refractivity contribution >= 4 is 17.7 Å². The summed E-state index contributed by atoms with van der Waals surface area (Å²) in [6.07, 6.45) is 5.95. The molecule has 0 saturated heterocycles. The van der Waals surface area contributed by atoms with Crippen molar-refractivity contribution in [2.45, 2.75) is 56.8 Å². The largest absolute Gasteiger partial charge is 0.416 e. The van der Waals surface area contributed by atoms with Crippen LogP contribution in [0.15, 0.2) is 31.9 Å². The highest BCUT2D eigenvalue weighted by Crippen LogP contribution is 2.20. The Bertz CT molecular complexity index is 971. The number of hydrogen-bond acceptors (Lipinski definition) is 7. The van der Waals surface area contributed by atoms with Gasteiger partial charge in [-0.25, -0.2) is 4.79 Å². The molecule has 150 valence electrons. The van der Waals surface area contributed by atoms with Gasteiger partial charge in [0, 0.05) is 23.8 Å². The number of aromatic nitrogens is 4. The predicted molar refractivity (Wildman–Crippen MR) is 104 cm³/mol. The summed E-state index contributed by atoms with van der Waals surface area (Å²) < 4.78 is 6.61. The Labute approximate surface area is 165 Å². The van der Waals surface area contributed by atoms with Crippen LogP contribution in [0.3, 0.4) is 0 Å². The van der Waals surface area contributed by atoms with Crippen LogP contribution in [0.25, 0.3) is 0 Å². The van der Waals surface area contributed by atoms with Crippen LogP contribution in [0.1, 0.15) is 42.8 Å². The zero-order chi connectivity index (χ0) is 20.1. The van der Waals surface area contributed by atoms with Crippen molar-refractivity contribution < 1.29 is 9.21 Å². The van der Waals surface area contributed by atoms with Crippen molar-refractivity contribution in [3.63, 3.8) is 0 Å². The average Bonchev–Trinajstić information content (AvgIpc) is 3.32. The van der Waals surface area contributed by atoms with Crippen LogP contribution >= 0.6 is 11.8 Å². The van der Waals surface area contributed by atoms with Crippen molar-refractivity contribution in [2.24, 2.45) is 0 Å². The number of nitrogens with one attached hydrogen (secondary N) is 2. The summed E-state index contributed by atoms with van der Waals surface area (Å²) >= 11 is 1.16. The summed E-state index contributed by atoms with van der Waals surface area (Å²) in [5.74, 6) is 0.388. The normalized spacial score (nSPS) is 14.3. The van der Waals surface area contributed by atoms with Crippen LogP contribution in [0.2, 0.25) is 0 Å². The van der Waals surface area contributed by atoms with Crippen molar-refractivity contribution in [3.05, 3.63) is 50.6 Å². The Morgan fingerprint density at radius 1 is 1.39 bits per heavy atom. The van der Waals surface area contributed by atoms with Crippen molar-refractivity contribution in [1.82, 2.24) is 25.1 Å². The Kier molecular flexibility index (Phi) is 6.50. The topological polar surface area (TPSA) is 123 Å². The van der Waals surface area contributed by atoms with Gasteiger partial charge in [-0.2, -0.15) is 0 Å². The van der Waals surface area contributed by atoms with E-state index in [1.807, 2.05) is 0 Å². The van der Waals surface area contributed by atoms with E-state index in [4.69, 9.17) is 4.42 Å². The molecular weight excluding hydrogens is 382 g/mol. The van der Waals surface area contributed by atoms with Crippen LogP contribution in [0, 0.1) is 6.92 Å². The molecule has 1 saturated carbocycles. The number of rotatable bonds is 8. The number of hydrogen-bond donors (Lipinski definition) is 2. The first-order valence-electron chi connectivity index (χ1n) is 9.16. The molecule has 0 spiro atoms. The highest BCUT2D eigenvalue weighted by atomic mass is 32.2. The van der Waals surface area contributed by atoms with Gasteiger partial charge in [-0.15, -0.1) is 16.8 Å². The summed E-state index contributed by atoms with van der Waals surface area (Å²) in [6, 6.07) is 0.271. The Balaban J connectivity index is 1.64. The van der Waals surface area contributed by atoms with Gasteiger partial charge in [-0.05, 0) is 19.8 Å². The molecule has 0 aromatic carbocycles. The van der Waals surface area contributed by atoms with E-state index < -0.39 is 11.2 Å². The summed E-state index contributed by atoms with van der Waals surface area (Å²) in [7, 11) is 0. The van der Waals surface area contributed by atoms with Crippen LogP contribution in [-0.2, 0) is 17.8 Å². The summed E-state index contributed by atoms with van der Waals surface area (Å²) in [4.78, 5) is 39.1. The van der Waals surface area contributed by atoms with E-state index in [0.717, 1.165) is 42.0 Å². The van der Waals surface area contributed by atoms with E-state index in [-0.39, 0.29) is 41.8 Å². The molecule has 2 N–H and O–H groups in total. The van der Waals surface area contributed by atoms with Gasteiger partial charge in [0.2, 0.25) is 11.8 Å². The Hall–Kier alpha value is -2.62. The van der Waals surface area contributed by atoms with Gasteiger partial charge >= 0.3 is 5.69 Å². The fourth-order valence-corrected chi connectivity index (χ4v) is 3.80. The zero-order valence-electron chi connectivity index (χ0n) is 15.7. The van der Waals surface area contributed by atoms with Gasteiger partial charge in [0.15, 0.2) is 0 Å². The molecule has 28 heavy (non-hydrogen) atoms. The number of carbonyl (C=O) groups excluding carboxylic acids is 1. The molecule has 1 aliphatic carbocycles. The lowest BCUT2D eigenvalue weighted by Crippen LogP contribution is -2.37. The molecule has 2 aromatic rings. The fourth-order valence-electron chi connectivity index (χ4n) is 3.21. The minimum atomic E-state index is -0.485. The Morgan fingerprint density at radius 2 is 2.14 bits per heavy atom. The van der Waals surface area contributed by atoms with Gasteiger partial charge in [0.1, 0.15) is 0 Å². The van der Waals surface area contributed by atoms with E-state index in [1.165, 1.54) is 6.08 Å². The second-order valence-electron chi connectivity index (χ2n) is 6.71. The first-order valence-corrected chi connectivity index (χ1v) is 10.1. The monoisotopic (exact) mass is 405 g/mol. The quantitative estimate of drug-likeness (QED) is 0.499. The van der Waals surface area contributed by atoms with Crippen molar-refractivity contribution in [1.29, 1.82) is 0 Å². The van der Waals surface area contributed by atoms with Crippen LogP contribution in [-0.4, -0.2) is 37.5 Å². The van der Waals surface area contributed by atoms with Gasteiger partial charge in [0.05, 0.1) is 12.2 Å². The third-order valence-corrected chi connectivity index (χ3v) is 5.45. The lowest BCUT2D eigenvalue weighted by molar-refractivity contribution is -0.119. The SMILES string of the molecule is C=CCn1c(=O)[nH]c(C)c(Cc2nnc(SCC(=O)NC3CCCC3)o2)c1=O. The van der Waals surface area contributed by atoms with E-state index in [0.29, 0.717) is 11.3 Å². The summed E-state index contributed by atoms with van der Waals surface area (Å²) in [6.45, 7) is 5.32. The molecule has 1 amide bonds. The molecule has 0 radical (unpaired) electrons. The first-order chi connectivity index (χ1) is 13.5. The molecule has 10 heteroatoms. The van der Waals surface area contributed by atoms with E-state index in [1.54, 1.807) is 6.92 Å². The fraction of sp³-hybridized carbons (Fsp3) is 0.500. The maximum Gasteiger partial charge on any atom is 0.328 e. The molecule has 9 nitrogen and oxygen atoms in total.